The van der Waals surface area contributed by atoms with Gasteiger partial charge in [0.25, 0.3) is 5.91 Å². The van der Waals surface area contributed by atoms with E-state index in [4.69, 9.17) is 23.2 Å². The molecule has 0 aromatic heterocycles. The lowest BCUT2D eigenvalue weighted by atomic mass is 10.2. The molecule has 5 nitrogen and oxygen atoms in total. The Morgan fingerprint density at radius 2 is 1.70 bits per heavy atom. The summed E-state index contributed by atoms with van der Waals surface area (Å²) in [5, 5.41) is 3.41. The normalized spacial score (nSPS) is 11.1. The quantitative estimate of drug-likeness (QED) is 0.890. The van der Waals surface area contributed by atoms with Crippen LogP contribution < -0.4 is 9.62 Å². The number of nitrogens with zero attached hydrogens (tertiary/aromatic N) is 1. The predicted octanol–water partition coefficient (Wildman–Crippen LogP) is 3.64. The largest absolute Gasteiger partial charge is 0.322 e. The third-order valence-electron chi connectivity index (χ3n) is 3.16. The third kappa shape index (κ3) is 4.37. The molecule has 0 aliphatic heterocycles. The molecular formula is C15H14Cl2N2O3S. The molecule has 0 bridgehead atoms. The maximum atomic E-state index is 12.2. The van der Waals surface area contributed by atoms with Crippen molar-refractivity contribution in [1.29, 1.82) is 0 Å². The van der Waals surface area contributed by atoms with Crippen molar-refractivity contribution in [2.45, 2.75) is 0 Å². The maximum Gasteiger partial charge on any atom is 0.257 e. The first-order valence-corrected chi connectivity index (χ1v) is 9.09. The first-order valence-electron chi connectivity index (χ1n) is 6.49. The van der Waals surface area contributed by atoms with Crippen LogP contribution in [0.3, 0.4) is 0 Å². The molecule has 0 unspecified atom stereocenters. The zero-order chi connectivity index (χ0) is 17.2. The number of benzene rings is 2. The van der Waals surface area contributed by atoms with Crippen molar-refractivity contribution in [1.82, 2.24) is 0 Å². The Morgan fingerprint density at radius 1 is 1.09 bits per heavy atom. The maximum absolute atomic E-state index is 12.2. The van der Waals surface area contributed by atoms with E-state index in [1.165, 1.54) is 25.2 Å². The second-order valence-electron chi connectivity index (χ2n) is 4.86. The average Bonchev–Trinajstić information content (AvgIpc) is 2.47. The summed E-state index contributed by atoms with van der Waals surface area (Å²) in [7, 11) is -1.99. The Balaban J connectivity index is 2.23. The minimum absolute atomic E-state index is 0.157. The second-order valence-corrected chi connectivity index (χ2v) is 7.71. The van der Waals surface area contributed by atoms with Crippen molar-refractivity contribution in [3.8, 4) is 0 Å². The van der Waals surface area contributed by atoms with Gasteiger partial charge in [0.1, 0.15) is 0 Å². The van der Waals surface area contributed by atoms with Crippen LogP contribution in [-0.4, -0.2) is 27.6 Å². The van der Waals surface area contributed by atoms with Crippen LogP contribution in [0.4, 0.5) is 11.4 Å². The highest BCUT2D eigenvalue weighted by molar-refractivity contribution is 7.92. The van der Waals surface area contributed by atoms with Crippen LogP contribution >= 0.6 is 23.2 Å². The summed E-state index contributed by atoms with van der Waals surface area (Å²) in [5.41, 5.74) is 1.20. The van der Waals surface area contributed by atoms with Crippen molar-refractivity contribution >= 4 is 50.5 Å². The number of halogens is 2. The highest BCUT2D eigenvalue weighted by atomic mass is 35.5. The minimum atomic E-state index is -3.40. The first kappa shape index (κ1) is 17.6. The summed E-state index contributed by atoms with van der Waals surface area (Å²) in [6, 6.07) is 11.1. The molecule has 0 heterocycles. The van der Waals surface area contributed by atoms with E-state index in [2.05, 4.69) is 5.32 Å². The van der Waals surface area contributed by atoms with Crippen LogP contribution in [0.1, 0.15) is 10.4 Å². The van der Waals surface area contributed by atoms with Crippen molar-refractivity contribution in [3.05, 3.63) is 58.1 Å². The number of rotatable bonds is 4. The Bertz CT molecular complexity index is 836. The van der Waals surface area contributed by atoms with E-state index in [1.54, 1.807) is 24.3 Å². The van der Waals surface area contributed by atoms with Crippen molar-refractivity contribution in [2.75, 3.05) is 22.9 Å². The molecule has 2 aromatic rings. The number of amides is 1. The zero-order valence-corrected chi connectivity index (χ0v) is 14.7. The van der Waals surface area contributed by atoms with Crippen molar-refractivity contribution in [2.24, 2.45) is 0 Å². The van der Waals surface area contributed by atoms with E-state index in [1.807, 2.05) is 0 Å². The van der Waals surface area contributed by atoms with Crippen LogP contribution in [0.15, 0.2) is 42.5 Å². The number of hydrogen-bond acceptors (Lipinski definition) is 3. The van der Waals surface area contributed by atoms with Gasteiger partial charge in [0, 0.05) is 17.8 Å². The monoisotopic (exact) mass is 372 g/mol. The fourth-order valence-corrected chi connectivity index (χ4v) is 2.69. The van der Waals surface area contributed by atoms with E-state index in [-0.39, 0.29) is 10.6 Å². The predicted molar refractivity (Wildman–Crippen MR) is 94.1 cm³/mol. The lowest BCUT2D eigenvalue weighted by molar-refractivity contribution is 0.102. The number of hydrogen-bond donors (Lipinski definition) is 1. The van der Waals surface area contributed by atoms with Gasteiger partial charge in [-0.25, -0.2) is 8.42 Å². The van der Waals surface area contributed by atoms with Crippen LogP contribution in [0, 0.1) is 0 Å². The second kappa shape index (κ2) is 6.78. The summed E-state index contributed by atoms with van der Waals surface area (Å²) in [5.74, 6) is -0.397. The van der Waals surface area contributed by atoms with E-state index in [0.717, 1.165) is 10.6 Å². The van der Waals surface area contributed by atoms with Gasteiger partial charge in [-0.15, -0.1) is 0 Å². The highest BCUT2D eigenvalue weighted by Crippen LogP contribution is 2.25. The van der Waals surface area contributed by atoms with Crippen LogP contribution in [-0.2, 0) is 10.0 Å². The molecule has 0 spiro atoms. The summed E-state index contributed by atoms with van der Waals surface area (Å²) in [6.45, 7) is 0. The molecule has 0 aliphatic rings. The molecule has 0 radical (unpaired) electrons. The third-order valence-corrected chi connectivity index (χ3v) is 4.93. The van der Waals surface area contributed by atoms with Gasteiger partial charge in [0.2, 0.25) is 10.0 Å². The molecule has 1 amide bonds. The highest BCUT2D eigenvalue weighted by Gasteiger charge is 2.16. The van der Waals surface area contributed by atoms with Gasteiger partial charge in [-0.2, -0.15) is 0 Å². The number of carbonyl (C=O) groups excluding carboxylic acids is 1. The SMILES string of the molecule is CN(c1ccc(C(=O)Nc2ccc(Cl)cc2)c(Cl)c1)S(C)(=O)=O. The zero-order valence-electron chi connectivity index (χ0n) is 12.4. The van der Waals surface area contributed by atoms with Crippen molar-refractivity contribution in [3.63, 3.8) is 0 Å². The molecule has 2 rings (SSSR count). The summed E-state index contributed by atoms with van der Waals surface area (Å²) >= 11 is 11.9. The van der Waals surface area contributed by atoms with Gasteiger partial charge in [-0.3, -0.25) is 9.10 Å². The molecule has 23 heavy (non-hydrogen) atoms. The molecular weight excluding hydrogens is 359 g/mol. The molecule has 0 fully saturated rings. The molecule has 0 aliphatic carbocycles. The van der Waals surface area contributed by atoms with Crippen molar-refractivity contribution < 1.29 is 13.2 Å². The van der Waals surface area contributed by atoms with Crippen LogP contribution in [0.2, 0.25) is 10.0 Å². The fourth-order valence-electron chi connectivity index (χ4n) is 1.81. The van der Waals surface area contributed by atoms with E-state index >= 15 is 0 Å². The van der Waals surface area contributed by atoms with Crippen LogP contribution in [0.25, 0.3) is 0 Å². The van der Waals surface area contributed by atoms with E-state index in [0.29, 0.717) is 16.4 Å². The number of anilines is 2. The van der Waals surface area contributed by atoms with Gasteiger partial charge >= 0.3 is 0 Å². The molecule has 1 N–H and O–H groups in total. The summed E-state index contributed by atoms with van der Waals surface area (Å²) in [6.07, 6.45) is 1.09. The van der Waals surface area contributed by atoms with E-state index in [9.17, 15) is 13.2 Å². The summed E-state index contributed by atoms with van der Waals surface area (Å²) < 4.78 is 24.1. The number of carbonyl (C=O) groups is 1. The Kier molecular flexibility index (Phi) is 5.19. The lowest BCUT2D eigenvalue weighted by Crippen LogP contribution is -2.25. The molecule has 0 atom stereocenters. The van der Waals surface area contributed by atoms with Gasteiger partial charge in [-0.05, 0) is 42.5 Å². The topological polar surface area (TPSA) is 66.5 Å². The molecule has 0 saturated heterocycles. The standard InChI is InChI=1S/C15H14Cl2N2O3S/c1-19(23(2,21)22)12-7-8-13(14(17)9-12)15(20)18-11-5-3-10(16)4-6-11/h3-9H,1-2H3,(H,18,20). The Morgan fingerprint density at radius 3 is 2.22 bits per heavy atom. The minimum Gasteiger partial charge on any atom is -0.322 e. The first-order chi connectivity index (χ1) is 10.7. The molecule has 2 aromatic carbocycles. The lowest BCUT2D eigenvalue weighted by Gasteiger charge is -2.17. The fraction of sp³-hybridized carbons (Fsp3) is 0.133. The van der Waals surface area contributed by atoms with Gasteiger partial charge in [0.15, 0.2) is 0 Å². The van der Waals surface area contributed by atoms with Gasteiger partial charge in [-0.1, -0.05) is 23.2 Å². The molecule has 122 valence electrons. The Labute approximate surface area is 144 Å². The smallest absolute Gasteiger partial charge is 0.257 e. The van der Waals surface area contributed by atoms with Gasteiger partial charge < -0.3 is 5.32 Å². The van der Waals surface area contributed by atoms with Gasteiger partial charge in [0.05, 0.1) is 22.5 Å². The molecule has 0 saturated carbocycles. The number of sulfonamides is 1. The number of nitrogens with one attached hydrogen (secondary N) is 1. The Hall–Kier alpha value is -1.76. The molecule has 8 heteroatoms. The summed E-state index contributed by atoms with van der Waals surface area (Å²) in [4.78, 5) is 12.2. The van der Waals surface area contributed by atoms with Crippen LogP contribution in [0.5, 0.6) is 0 Å². The average molecular weight is 373 g/mol. The van der Waals surface area contributed by atoms with E-state index < -0.39 is 15.9 Å².